The molecule has 1 amide bonds. The molecule has 0 bridgehead atoms. The number of carbonyl (C=O) groups excluding carboxylic acids is 1. The van der Waals surface area contributed by atoms with Crippen LogP contribution in [0.3, 0.4) is 0 Å². The van der Waals surface area contributed by atoms with Gasteiger partial charge in [-0.05, 0) is 47.6 Å². The highest BCUT2D eigenvalue weighted by Crippen LogP contribution is 2.24. The van der Waals surface area contributed by atoms with Gasteiger partial charge in [0, 0.05) is 40.8 Å². The van der Waals surface area contributed by atoms with Gasteiger partial charge in [-0.15, -0.1) is 4.52 Å². The van der Waals surface area contributed by atoms with Crippen LogP contribution in [0.4, 0.5) is 5.82 Å². The number of hydrogen-bond acceptors (Lipinski definition) is 5. The number of aromatic amines is 2. The van der Waals surface area contributed by atoms with E-state index in [2.05, 4.69) is 32.2 Å². The highest BCUT2D eigenvalue weighted by molar-refractivity contribution is 6.03. The Morgan fingerprint density at radius 1 is 1.05 bits per heavy atom. The second kappa shape index (κ2) is 10.3. The molecule has 0 aliphatic heterocycles. The van der Waals surface area contributed by atoms with E-state index in [1.165, 1.54) is 12.3 Å². The largest absolute Gasteiger partial charge is 0.382 e. The number of fused-ring (bicyclic) bond motifs is 2. The highest BCUT2D eigenvalue weighted by Gasteiger charge is 2.27. The van der Waals surface area contributed by atoms with Crippen molar-refractivity contribution < 1.29 is 9.31 Å². The van der Waals surface area contributed by atoms with Crippen molar-refractivity contribution in [1.29, 1.82) is 0 Å². The fourth-order valence-electron chi connectivity index (χ4n) is 4.83. The van der Waals surface area contributed by atoms with E-state index in [0.717, 1.165) is 0 Å². The van der Waals surface area contributed by atoms with Gasteiger partial charge in [0.2, 0.25) is 5.56 Å². The number of nitrogens with zero attached hydrogens (tertiary/aromatic N) is 3. The molecule has 0 fully saturated rings. The summed E-state index contributed by atoms with van der Waals surface area (Å²) in [5, 5.41) is 6.99. The van der Waals surface area contributed by atoms with Crippen LogP contribution in [0.2, 0.25) is 0 Å². The highest BCUT2D eigenvalue weighted by atomic mass is 16.2. The summed E-state index contributed by atoms with van der Waals surface area (Å²) in [7, 11) is 0. The third-order valence-electron chi connectivity index (χ3n) is 6.70. The number of nitrogen functional groups attached to an aromatic ring is 1. The van der Waals surface area contributed by atoms with Crippen molar-refractivity contribution in [2.75, 3.05) is 5.73 Å². The minimum atomic E-state index is -0.594. The Morgan fingerprint density at radius 3 is 2.68 bits per heavy atom. The van der Waals surface area contributed by atoms with Crippen LogP contribution in [0, 0.1) is 11.8 Å². The molecule has 4 aromatic heterocycles. The number of aromatic nitrogens is 5. The van der Waals surface area contributed by atoms with E-state index in [4.69, 9.17) is 5.73 Å². The molecule has 2 aromatic carbocycles. The van der Waals surface area contributed by atoms with E-state index < -0.39 is 11.9 Å². The summed E-state index contributed by atoms with van der Waals surface area (Å²) in [6.45, 7) is 1.81. The molecule has 0 saturated heterocycles. The molecule has 4 heterocycles. The lowest BCUT2D eigenvalue weighted by Gasteiger charge is -2.21. The number of nitrogens with one attached hydrogen (secondary N) is 3. The number of anilines is 1. The minimum Gasteiger partial charge on any atom is -0.382 e. The number of carbonyl (C=O) groups is 1. The predicted molar refractivity (Wildman–Crippen MR) is 155 cm³/mol. The average molecular weight is 543 g/mol. The van der Waals surface area contributed by atoms with Crippen LogP contribution in [0.5, 0.6) is 0 Å². The maximum absolute atomic E-state index is 14.2. The van der Waals surface area contributed by atoms with Gasteiger partial charge in [0.25, 0.3) is 11.5 Å². The van der Waals surface area contributed by atoms with Gasteiger partial charge in [0.15, 0.2) is 11.4 Å². The summed E-state index contributed by atoms with van der Waals surface area (Å²) in [6.07, 6.45) is 4.82. The van der Waals surface area contributed by atoms with Gasteiger partial charge in [-0.3, -0.25) is 19.0 Å². The number of benzene rings is 2. The normalized spacial score (nSPS) is 11.6. The van der Waals surface area contributed by atoms with Gasteiger partial charge < -0.3 is 16.0 Å². The molecule has 41 heavy (non-hydrogen) atoms. The molecule has 6 rings (SSSR count). The molecule has 0 spiro atoms. The molecule has 0 radical (unpaired) electrons. The quantitative estimate of drug-likeness (QED) is 0.200. The molecule has 1 atom stereocenters. The monoisotopic (exact) mass is 542 g/mol. The zero-order valence-electron chi connectivity index (χ0n) is 21.9. The van der Waals surface area contributed by atoms with Crippen molar-refractivity contribution in [1.82, 2.24) is 25.0 Å². The van der Waals surface area contributed by atoms with Crippen molar-refractivity contribution in [3.63, 3.8) is 0 Å². The fraction of sp³-hybridized carbons (Fsp3) is 0.0645. The molecule has 1 unspecified atom stereocenters. The van der Waals surface area contributed by atoms with Crippen LogP contribution in [0.25, 0.3) is 22.1 Å². The van der Waals surface area contributed by atoms with E-state index in [9.17, 15) is 14.4 Å². The maximum Gasteiger partial charge on any atom is 0.362 e. The van der Waals surface area contributed by atoms with Crippen LogP contribution in [0.15, 0.2) is 101 Å². The Bertz CT molecular complexity index is 2130. The van der Waals surface area contributed by atoms with Crippen molar-refractivity contribution in [2.45, 2.75) is 13.0 Å². The lowest BCUT2D eigenvalue weighted by molar-refractivity contribution is -0.577. The Kier molecular flexibility index (Phi) is 6.37. The van der Waals surface area contributed by atoms with Crippen molar-refractivity contribution in [2.24, 2.45) is 0 Å². The predicted octanol–water partition coefficient (Wildman–Crippen LogP) is 2.61. The smallest absolute Gasteiger partial charge is 0.362 e. The fourth-order valence-corrected chi connectivity index (χ4v) is 4.83. The van der Waals surface area contributed by atoms with Gasteiger partial charge in [-0.2, -0.15) is 0 Å². The van der Waals surface area contributed by atoms with Crippen LogP contribution >= 0.6 is 0 Å². The first-order chi connectivity index (χ1) is 19.9. The van der Waals surface area contributed by atoms with E-state index in [-0.39, 0.29) is 22.5 Å². The van der Waals surface area contributed by atoms with E-state index in [1.807, 2.05) is 48.5 Å². The molecule has 0 aliphatic carbocycles. The van der Waals surface area contributed by atoms with Gasteiger partial charge in [0.1, 0.15) is 12.4 Å². The SMILES string of the molecule is CC(NC(=O)c1c(N)[nH][n+]2cccnc12)c1cc2cccc(C#Cc3cc[nH]c(=O)c3)c2c(=O)n1-c1ccccc1. The number of nitrogens with two attached hydrogens (primary N) is 1. The van der Waals surface area contributed by atoms with Gasteiger partial charge in [-0.1, -0.05) is 42.2 Å². The third kappa shape index (κ3) is 4.72. The number of amides is 1. The summed E-state index contributed by atoms with van der Waals surface area (Å²) in [4.78, 5) is 46.1. The van der Waals surface area contributed by atoms with Gasteiger partial charge >= 0.3 is 5.65 Å². The van der Waals surface area contributed by atoms with Gasteiger partial charge in [-0.25, -0.2) is 5.10 Å². The Labute approximate surface area is 233 Å². The molecule has 6 aromatic rings. The van der Waals surface area contributed by atoms with Crippen molar-refractivity contribution >= 4 is 28.1 Å². The lowest BCUT2D eigenvalue weighted by atomic mass is 10.0. The van der Waals surface area contributed by atoms with Gasteiger partial charge in [0.05, 0.1) is 11.4 Å². The first kappa shape index (κ1) is 25.3. The molecular formula is C31H24N7O3+. The van der Waals surface area contributed by atoms with Crippen molar-refractivity contribution in [3.05, 3.63) is 134 Å². The summed E-state index contributed by atoms with van der Waals surface area (Å²) in [5.41, 5.74) is 8.43. The molecule has 5 N–H and O–H groups in total. The average Bonchev–Trinajstić information content (AvgIpc) is 3.32. The third-order valence-corrected chi connectivity index (χ3v) is 6.70. The molecule has 0 aliphatic rings. The number of rotatable bonds is 4. The Morgan fingerprint density at radius 2 is 1.88 bits per heavy atom. The standard InChI is InChI=1S/C31H23N7O3/c1-19(35-30(40)27-28(32)36-37-16-6-14-34-29(27)37)24-18-22-8-5-7-21(12-11-20-13-15-33-25(39)17-20)26(22)31(41)38(24)23-9-3-2-4-10-23/h2-10,13-19H,1H3,(H4,32,33,35,36,39,40)/p+1. The van der Waals surface area contributed by atoms with E-state index in [1.54, 1.807) is 46.6 Å². The first-order valence-corrected chi connectivity index (χ1v) is 12.8. The summed E-state index contributed by atoms with van der Waals surface area (Å²) in [5.74, 6) is 5.79. The number of H-pyrrole nitrogens is 2. The second-order valence-electron chi connectivity index (χ2n) is 9.42. The maximum atomic E-state index is 14.2. The van der Waals surface area contributed by atoms with E-state index in [0.29, 0.717) is 38.9 Å². The van der Waals surface area contributed by atoms with Crippen LogP contribution < -0.4 is 26.7 Å². The number of para-hydroxylation sites is 1. The Balaban J connectivity index is 1.48. The second-order valence-corrected chi connectivity index (χ2v) is 9.42. The minimum absolute atomic E-state index is 0.177. The van der Waals surface area contributed by atoms with Crippen molar-refractivity contribution in [3.8, 4) is 17.5 Å². The zero-order valence-corrected chi connectivity index (χ0v) is 21.9. The first-order valence-electron chi connectivity index (χ1n) is 12.8. The number of hydrogen-bond donors (Lipinski definition) is 4. The Hall–Kier alpha value is -5.95. The van der Waals surface area contributed by atoms with Crippen LogP contribution in [-0.2, 0) is 0 Å². The molecule has 200 valence electrons. The van der Waals surface area contributed by atoms with Crippen LogP contribution in [-0.4, -0.2) is 25.5 Å². The number of pyridine rings is 2. The summed E-state index contributed by atoms with van der Waals surface area (Å²) < 4.78 is 3.15. The van der Waals surface area contributed by atoms with E-state index >= 15 is 0 Å². The zero-order chi connectivity index (χ0) is 28.5. The molecular weight excluding hydrogens is 518 g/mol. The molecule has 0 saturated carbocycles. The summed E-state index contributed by atoms with van der Waals surface area (Å²) >= 11 is 0. The molecule has 10 heteroatoms. The topological polar surface area (TPSA) is 143 Å². The lowest BCUT2D eigenvalue weighted by Crippen LogP contribution is -2.33. The summed E-state index contributed by atoms with van der Waals surface area (Å²) in [6, 6.07) is 20.7. The van der Waals surface area contributed by atoms with Crippen LogP contribution in [0.1, 0.15) is 40.1 Å². The molecule has 10 nitrogen and oxygen atoms in total.